The van der Waals surface area contributed by atoms with E-state index in [9.17, 15) is 4.79 Å². The van der Waals surface area contributed by atoms with Gasteiger partial charge in [-0.1, -0.05) is 11.2 Å². The van der Waals surface area contributed by atoms with Gasteiger partial charge in [0.05, 0.1) is 11.1 Å². The zero-order chi connectivity index (χ0) is 14.7. The Bertz CT molecular complexity index is 752. The summed E-state index contributed by atoms with van der Waals surface area (Å²) in [5.74, 6) is -0.203. The number of aromatic carboxylic acids is 1. The van der Waals surface area contributed by atoms with Gasteiger partial charge < -0.3 is 14.4 Å². The minimum absolute atomic E-state index is 0.0620. The van der Waals surface area contributed by atoms with Crippen molar-refractivity contribution in [1.29, 1.82) is 0 Å². The Hall–Kier alpha value is -2.67. The topological polar surface area (TPSA) is 85.5 Å². The normalized spacial score (nSPS) is 10.5. The Morgan fingerprint density at radius 1 is 1.43 bits per heavy atom. The summed E-state index contributed by atoms with van der Waals surface area (Å²) in [4.78, 5) is 15.9. The third kappa shape index (κ3) is 2.92. The van der Waals surface area contributed by atoms with Crippen molar-refractivity contribution in [3.63, 3.8) is 0 Å². The van der Waals surface area contributed by atoms with E-state index in [0.29, 0.717) is 11.5 Å². The van der Waals surface area contributed by atoms with Crippen molar-refractivity contribution < 1.29 is 19.2 Å². The molecule has 0 aliphatic rings. The van der Waals surface area contributed by atoms with E-state index in [2.05, 4.69) is 10.1 Å². The average Bonchev–Trinajstić information content (AvgIpc) is 3.16. The number of thiophene rings is 1. The summed E-state index contributed by atoms with van der Waals surface area (Å²) < 4.78 is 10.7. The first-order valence-electron chi connectivity index (χ1n) is 6.03. The molecule has 0 radical (unpaired) electrons. The third-order valence-corrected chi connectivity index (χ3v) is 3.60. The highest BCUT2D eigenvalue weighted by molar-refractivity contribution is 7.13. The summed E-state index contributed by atoms with van der Waals surface area (Å²) in [5.41, 5.74) is 0.644. The largest absolute Gasteiger partial charge is 0.485 e. The van der Waals surface area contributed by atoms with Crippen LogP contribution in [0, 0.1) is 0 Å². The number of pyridine rings is 1. The molecule has 0 aliphatic carbocycles. The summed E-state index contributed by atoms with van der Waals surface area (Å²) in [5, 5.41) is 14.9. The van der Waals surface area contributed by atoms with Gasteiger partial charge in [0.1, 0.15) is 17.9 Å². The molecule has 0 fully saturated rings. The molecule has 1 N–H and O–H groups in total. The van der Waals surface area contributed by atoms with Gasteiger partial charge in [0, 0.05) is 12.3 Å². The van der Waals surface area contributed by atoms with Crippen LogP contribution >= 0.6 is 11.3 Å². The highest BCUT2D eigenvalue weighted by Crippen LogP contribution is 2.25. The van der Waals surface area contributed by atoms with Crippen molar-refractivity contribution >= 4 is 17.3 Å². The van der Waals surface area contributed by atoms with Gasteiger partial charge in [-0.3, -0.25) is 4.98 Å². The van der Waals surface area contributed by atoms with Crippen LogP contribution in [0.3, 0.4) is 0 Å². The summed E-state index contributed by atoms with van der Waals surface area (Å²) >= 11 is 1.55. The molecular weight excluding hydrogens is 292 g/mol. The highest BCUT2D eigenvalue weighted by atomic mass is 32.1. The van der Waals surface area contributed by atoms with Gasteiger partial charge in [0.25, 0.3) is 0 Å². The number of rotatable bonds is 5. The number of aromatic nitrogens is 2. The van der Waals surface area contributed by atoms with Crippen LogP contribution in [0.2, 0.25) is 0 Å². The first-order chi connectivity index (χ1) is 10.2. The number of carboxylic acid groups (broad SMARTS) is 1. The number of hydrogen-bond donors (Lipinski definition) is 1. The van der Waals surface area contributed by atoms with Crippen LogP contribution in [0.1, 0.15) is 16.1 Å². The Kier molecular flexibility index (Phi) is 3.65. The maximum absolute atomic E-state index is 11.1. The molecule has 0 aromatic carbocycles. The maximum atomic E-state index is 11.1. The van der Waals surface area contributed by atoms with Crippen molar-refractivity contribution in [3.8, 4) is 16.4 Å². The van der Waals surface area contributed by atoms with Crippen LogP contribution < -0.4 is 4.74 Å². The summed E-state index contributed by atoms with van der Waals surface area (Å²) in [7, 11) is 0. The molecule has 0 aliphatic heterocycles. The van der Waals surface area contributed by atoms with Crippen LogP contribution in [-0.2, 0) is 6.61 Å². The van der Waals surface area contributed by atoms with Crippen LogP contribution in [0.5, 0.6) is 5.75 Å². The lowest BCUT2D eigenvalue weighted by atomic mass is 10.2. The molecule has 6 nitrogen and oxygen atoms in total. The quantitative estimate of drug-likeness (QED) is 0.779. The number of carboxylic acids is 1. The first-order valence-corrected chi connectivity index (χ1v) is 6.91. The van der Waals surface area contributed by atoms with E-state index >= 15 is 0 Å². The minimum Gasteiger partial charge on any atom is -0.485 e. The van der Waals surface area contributed by atoms with Gasteiger partial charge >= 0.3 is 5.97 Å². The monoisotopic (exact) mass is 302 g/mol. The van der Waals surface area contributed by atoms with Crippen LogP contribution in [0.25, 0.3) is 10.6 Å². The van der Waals surface area contributed by atoms with Crippen molar-refractivity contribution in [2.75, 3.05) is 0 Å². The Balaban J connectivity index is 1.73. The predicted molar refractivity (Wildman–Crippen MR) is 75.3 cm³/mol. The molecule has 0 saturated heterocycles. The molecule has 0 amide bonds. The second-order valence-corrected chi connectivity index (χ2v) is 5.07. The Morgan fingerprint density at radius 3 is 3.10 bits per heavy atom. The van der Waals surface area contributed by atoms with Crippen LogP contribution in [-0.4, -0.2) is 21.2 Å². The zero-order valence-electron chi connectivity index (χ0n) is 10.7. The number of ether oxygens (including phenoxy) is 1. The average molecular weight is 302 g/mol. The second kappa shape index (κ2) is 5.76. The maximum Gasteiger partial charge on any atom is 0.339 e. The van der Waals surface area contributed by atoms with E-state index < -0.39 is 5.97 Å². The molecular formula is C14H10N2O4S. The van der Waals surface area contributed by atoms with Gasteiger partial charge in [-0.25, -0.2) is 4.79 Å². The van der Waals surface area contributed by atoms with Crippen LogP contribution in [0.15, 0.2) is 46.6 Å². The second-order valence-electron chi connectivity index (χ2n) is 4.13. The van der Waals surface area contributed by atoms with Gasteiger partial charge in [-0.15, -0.1) is 11.3 Å². The molecule has 106 valence electrons. The molecule has 0 unspecified atom stereocenters. The molecule has 0 spiro atoms. The van der Waals surface area contributed by atoms with E-state index in [0.717, 1.165) is 4.88 Å². The van der Waals surface area contributed by atoms with E-state index in [1.165, 1.54) is 18.5 Å². The lowest BCUT2D eigenvalue weighted by Gasteiger charge is -2.05. The first kappa shape index (κ1) is 13.3. The molecule has 3 rings (SSSR count). The minimum atomic E-state index is -1.06. The molecule has 0 atom stereocenters. The standard InChI is InChI=1S/C14H10N2O4S/c17-14(18)10-3-4-15-7-12(10)19-8-9-6-11(20-16-9)13-2-1-5-21-13/h1-7H,8H2,(H,17,18). The summed E-state index contributed by atoms with van der Waals surface area (Å²) in [6.45, 7) is 0.112. The van der Waals surface area contributed by atoms with E-state index in [4.69, 9.17) is 14.4 Å². The van der Waals surface area contributed by atoms with Gasteiger partial charge in [0.2, 0.25) is 0 Å². The Labute approximate surface area is 123 Å². The fourth-order valence-corrected chi connectivity index (χ4v) is 2.41. The SMILES string of the molecule is O=C(O)c1ccncc1OCc1cc(-c2cccs2)on1. The number of carbonyl (C=O) groups is 1. The zero-order valence-corrected chi connectivity index (χ0v) is 11.5. The Morgan fingerprint density at radius 2 is 2.33 bits per heavy atom. The van der Waals surface area contributed by atoms with Crippen molar-refractivity contribution in [2.24, 2.45) is 0 Å². The van der Waals surface area contributed by atoms with Gasteiger partial charge in [-0.2, -0.15) is 0 Å². The molecule has 3 aromatic rings. The fraction of sp³-hybridized carbons (Fsp3) is 0.0714. The molecule has 3 heterocycles. The van der Waals surface area contributed by atoms with E-state index in [1.807, 2.05) is 17.5 Å². The number of hydrogen-bond acceptors (Lipinski definition) is 6. The number of nitrogens with zero attached hydrogens (tertiary/aromatic N) is 2. The molecule has 0 saturated carbocycles. The predicted octanol–water partition coefficient (Wildman–Crippen LogP) is 3.08. The molecule has 21 heavy (non-hydrogen) atoms. The summed E-state index contributed by atoms with van der Waals surface area (Å²) in [6, 6.07) is 7.01. The van der Waals surface area contributed by atoms with Gasteiger partial charge in [0.15, 0.2) is 11.5 Å². The van der Waals surface area contributed by atoms with Crippen LogP contribution in [0.4, 0.5) is 0 Å². The lowest BCUT2D eigenvalue weighted by Crippen LogP contribution is -2.03. The fourth-order valence-electron chi connectivity index (χ4n) is 1.74. The molecule has 7 heteroatoms. The van der Waals surface area contributed by atoms with Crippen molar-refractivity contribution in [1.82, 2.24) is 10.1 Å². The smallest absolute Gasteiger partial charge is 0.339 e. The third-order valence-electron chi connectivity index (χ3n) is 2.71. The van der Waals surface area contributed by atoms with Gasteiger partial charge in [-0.05, 0) is 17.5 Å². The van der Waals surface area contributed by atoms with E-state index in [-0.39, 0.29) is 17.9 Å². The van der Waals surface area contributed by atoms with Crippen molar-refractivity contribution in [3.05, 3.63) is 53.3 Å². The molecule has 0 bridgehead atoms. The summed E-state index contributed by atoms with van der Waals surface area (Å²) in [6.07, 6.45) is 2.77. The van der Waals surface area contributed by atoms with Crippen molar-refractivity contribution in [2.45, 2.75) is 6.61 Å². The van der Waals surface area contributed by atoms with E-state index in [1.54, 1.807) is 17.4 Å². The molecule has 3 aromatic heterocycles. The highest BCUT2D eigenvalue weighted by Gasteiger charge is 2.13. The lowest BCUT2D eigenvalue weighted by molar-refractivity contribution is 0.0691.